The van der Waals surface area contributed by atoms with Gasteiger partial charge in [-0.25, -0.2) is 17.2 Å². The average Bonchev–Trinajstić information content (AvgIpc) is 2.94. The number of alkyl halides is 2. The Morgan fingerprint density at radius 2 is 2.09 bits per heavy atom. The van der Waals surface area contributed by atoms with Gasteiger partial charge in [-0.05, 0) is 19.3 Å². The van der Waals surface area contributed by atoms with Crippen molar-refractivity contribution in [3.63, 3.8) is 0 Å². The molecule has 1 saturated carbocycles. The van der Waals surface area contributed by atoms with E-state index in [-0.39, 0.29) is 16.6 Å². The molecule has 1 aliphatic carbocycles. The van der Waals surface area contributed by atoms with Gasteiger partial charge in [-0.15, -0.1) is 0 Å². The van der Waals surface area contributed by atoms with E-state index >= 15 is 0 Å². The van der Waals surface area contributed by atoms with Crippen LogP contribution in [0.25, 0.3) is 0 Å². The average molecular weight is 331 g/mol. The van der Waals surface area contributed by atoms with Crippen molar-refractivity contribution < 1.29 is 17.2 Å². The van der Waals surface area contributed by atoms with Crippen LogP contribution in [-0.2, 0) is 17.1 Å². The molecule has 1 fully saturated rings. The minimum Gasteiger partial charge on any atom is -0.276 e. The SMILES string of the molecule is Cn1cc(NS(=O)(=O)c2cnn(C3CCC3)c2)c(C(F)F)n1. The molecular formula is C12H15F2N5O2S. The van der Waals surface area contributed by atoms with E-state index < -0.39 is 22.1 Å². The van der Waals surface area contributed by atoms with Gasteiger partial charge in [-0.3, -0.25) is 14.1 Å². The fourth-order valence-corrected chi connectivity index (χ4v) is 3.26. The molecule has 2 heterocycles. The summed E-state index contributed by atoms with van der Waals surface area (Å²) >= 11 is 0. The Morgan fingerprint density at radius 1 is 1.36 bits per heavy atom. The Hall–Kier alpha value is -1.97. The molecule has 1 N–H and O–H groups in total. The summed E-state index contributed by atoms with van der Waals surface area (Å²) in [5.74, 6) is 0. The van der Waals surface area contributed by atoms with Crippen molar-refractivity contribution in [3.8, 4) is 0 Å². The van der Waals surface area contributed by atoms with Gasteiger partial charge in [-0.2, -0.15) is 10.2 Å². The lowest BCUT2D eigenvalue weighted by Gasteiger charge is -2.25. The third-order valence-electron chi connectivity index (χ3n) is 3.65. The van der Waals surface area contributed by atoms with Crippen molar-refractivity contribution in [2.75, 3.05) is 4.72 Å². The Labute approximate surface area is 126 Å². The smallest absolute Gasteiger partial charge is 0.276 e. The minimum absolute atomic E-state index is 0.0523. The van der Waals surface area contributed by atoms with E-state index in [1.807, 2.05) is 0 Å². The molecule has 0 aromatic carbocycles. The third kappa shape index (κ3) is 2.70. The summed E-state index contributed by atoms with van der Waals surface area (Å²) in [5.41, 5.74) is -0.827. The molecular weight excluding hydrogens is 316 g/mol. The first kappa shape index (κ1) is 14.9. The summed E-state index contributed by atoms with van der Waals surface area (Å²) in [4.78, 5) is -0.0523. The van der Waals surface area contributed by atoms with Crippen molar-refractivity contribution in [1.29, 1.82) is 0 Å². The van der Waals surface area contributed by atoms with Crippen LogP contribution < -0.4 is 4.72 Å². The molecule has 0 spiro atoms. The van der Waals surface area contributed by atoms with Crippen molar-refractivity contribution in [2.45, 2.75) is 36.6 Å². The number of anilines is 1. The molecule has 120 valence electrons. The summed E-state index contributed by atoms with van der Waals surface area (Å²) in [7, 11) is -2.53. The zero-order valence-electron chi connectivity index (χ0n) is 11.8. The van der Waals surface area contributed by atoms with Gasteiger partial charge in [0, 0.05) is 19.4 Å². The first-order chi connectivity index (χ1) is 10.4. The van der Waals surface area contributed by atoms with Gasteiger partial charge >= 0.3 is 0 Å². The van der Waals surface area contributed by atoms with Gasteiger partial charge in [0.1, 0.15) is 4.90 Å². The fraction of sp³-hybridized carbons (Fsp3) is 0.500. The van der Waals surface area contributed by atoms with Crippen LogP contribution in [0.2, 0.25) is 0 Å². The molecule has 22 heavy (non-hydrogen) atoms. The van der Waals surface area contributed by atoms with Gasteiger partial charge in [0.05, 0.1) is 17.9 Å². The number of nitrogens with zero attached hydrogens (tertiary/aromatic N) is 4. The third-order valence-corrected chi connectivity index (χ3v) is 4.97. The second-order valence-corrected chi connectivity index (χ2v) is 6.93. The lowest BCUT2D eigenvalue weighted by molar-refractivity contribution is 0.146. The molecule has 0 atom stereocenters. The molecule has 0 radical (unpaired) electrons. The van der Waals surface area contributed by atoms with Crippen molar-refractivity contribution in [3.05, 3.63) is 24.3 Å². The maximum absolute atomic E-state index is 12.9. The maximum Gasteiger partial charge on any atom is 0.284 e. The van der Waals surface area contributed by atoms with Crippen LogP contribution >= 0.6 is 0 Å². The van der Waals surface area contributed by atoms with E-state index in [0.29, 0.717) is 0 Å². The largest absolute Gasteiger partial charge is 0.284 e. The highest BCUT2D eigenvalue weighted by Crippen LogP contribution is 2.32. The van der Waals surface area contributed by atoms with Gasteiger partial charge in [0.2, 0.25) is 0 Å². The van der Waals surface area contributed by atoms with Crippen molar-refractivity contribution in [2.24, 2.45) is 7.05 Å². The second kappa shape index (κ2) is 5.34. The van der Waals surface area contributed by atoms with E-state index in [1.165, 1.54) is 25.6 Å². The topological polar surface area (TPSA) is 81.8 Å². The molecule has 2 aromatic heterocycles. The van der Waals surface area contributed by atoms with Crippen LogP contribution in [0.15, 0.2) is 23.5 Å². The zero-order valence-corrected chi connectivity index (χ0v) is 12.6. The summed E-state index contributed by atoms with van der Waals surface area (Å²) in [5, 5.41) is 7.60. The number of aromatic nitrogens is 4. The number of hydrogen-bond donors (Lipinski definition) is 1. The highest BCUT2D eigenvalue weighted by Gasteiger charge is 2.26. The molecule has 0 bridgehead atoms. The van der Waals surface area contributed by atoms with Crippen LogP contribution in [0.5, 0.6) is 0 Å². The number of hydrogen-bond acceptors (Lipinski definition) is 4. The fourth-order valence-electron chi connectivity index (χ4n) is 2.26. The zero-order chi connectivity index (χ0) is 15.9. The number of halogens is 2. The van der Waals surface area contributed by atoms with Crippen LogP contribution in [0.3, 0.4) is 0 Å². The molecule has 1 aliphatic rings. The molecule has 0 aliphatic heterocycles. The van der Waals surface area contributed by atoms with Gasteiger partial charge in [0.25, 0.3) is 16.4 Å². The van der Waals surface area contributed by atoms with Crippen LogP contribution in [-0.4, -0.2) is 28.0 Å². The van der Waals surface area contributed by atoms with E-state index in [2.05, 4.69) is 14.9 Å². The Kier molecular flexibility index (Phi) is 3.63. The number of sulfonamides is 1. The highest BCUT2D eigenvalue weighted by atomic mass is 32.2. The van der Waals surface area contributed by atoms with Gasteiger partial charge in [-0.1, -0.05) is 0 Å². The number of aryl methyl sites for hydroxylation is 1. The van der Waals surface area contributed by atoms with Gasteiger partial charge < -0.3 is 0 Å². The predicted octanol–water partition coefficient (Wildman–Crippen LogP) is 2.08. The quantitative estimate of drug-likeness (QED) is 0.909. The standard InChI is InChI=1S/C12H15F2N5O2S/c1-18-7-10(11(16-18)12(13)14)17-22(20,21)9-5-15-19(6-9)8-3-2-4-8/h5-8,12,17H,2-4H2,1H3. The summed E-state index contributed by atoms with van der Waals surface area (Å²) in [6, 6.07) is 0.221. The minimum atomic E-state index is -3.97. The summed E-state index contributed by atoms with van der Waals surface area (Å²) < 4.78 is 55.2. The Morgan fingerprint density at radius 3 is 2.68 bits per heavy atom. The summed E-state index contributed by atoms with van der Waals surface area (Å²) in [6.45, 7) is 0. The van der Waals surface area contributed by atoms with Gasteiger partial charge in [0.15, 0.2) is 5.69 Å². The lowest BCUT2D eigenvalue weighted by Crippen LogP contribution is -2.17. The van der Waals surface area contributed by atoms with E-state index in [4.69, 9.17) is 0 Å². The molecule has 10 heteroatoms. The monoisotopic (exact) mass is 331 g/mol. The Bertz CT molecular complexity index is 779. The van der Waals surface area contributed by atoms with E-state index in [1.54, 1.807) is 4.68 Å². The predicted molar refractivity (Wildman–Crippen MR) is 74.1 cm³/mol. The Balaban J connectivity index is 1.85. The van der Waals surface area contributed by atoms with E-state index in [0.717, 1.165) is 23.9 Å². The lowest BCUT2D eigenvalue weighted by atomic mass is 9.93. The molecule has 0 saturated heterocycles. The highest BCUT2D eigenvalue weighted by molar-refractivity contribution is 7.92. The first-order valence-electron chi connectivity index (χ1n) is 6.75. The summed E-state index contributed by atoms with van der Waals surface area (Å²) in [6.07, 6.45) is 4.01. The second-order valence-electron chi connectivity index (χ2n) is 5.25. The van der Waals surface area contributed by atoms with Crippen molar-refractivity contribution in [1.82, 2.24) is 19.6 Å². The van der Waals surface area contributed by atoms with Crippen LogP contribution in [0.1, 0.15) is 37.4 Å². The molecule has 2 aromatic rings. The first-order valence-corrected chi connectivity index (χ1v) is 8.24. The van der Waals surface area contributed by atoms with Crippen molar-refractivity contribution >= 4 is 15.7 Å². The van der Waals surface area contributed by atoms with E-state index in [9.17, 15) is 17.2 Å². The van der Waals surface area contributed by atoms with Crippen LogP contribution in [0, 0.1) is 0 Å². The number of rotatable bonds is 5. The molecule has 0 unspecified atom stereocenters. The molecule has 7 nitrogen and oxygen atoms in total. The normalized spacial score (nSPS) is 16.0. The molecule has 3 rings (SSSR count). The van der Waals surface area contributed by atoms with Crippen LogP contribution in [0.4, 0.5) is 14.5 Å². The maximum atomic E-state index is 12.9. The number of nitrogens with one attached hydrogen (secondary N) is 1. The molecule has 0 amide bonds.